The predicted octanol–water partition coefficient (Wildman–Crippen LogP) is -0.680. The van der Waals surface area contributed by atoms with Crippen LogP contribution in [0.2, 0.25) is 0 Å². The van der Waals surface area contributed by atoms with Gasteiger partial charge in [0.1, 0.15) is 6.73 Å². The van der Waals surface area contributed by atoms with Gasteiger partial charge in [-0.25, -0.2) is 0 Å². The quantitative estimate of drug-likeness (QED) is 0.241. The number of terminal acetylenes is 1. The molecule has 9 heavy (non-hydrogen) atoms. The fraction of sp³-hybridized carbons (Fsp3) is 0.500. The van der Waals surface area contributed by atoms with Crippen LogP contribution in [-0.2, 0) is 15.5 Å². The maximum Gasteiger partial charge on any atom is 0.303 e. The molecule has 4 nitrogen and oxygen atoms in total. The van der Waals surface area contributed by atoms with Crippen molar-refractivity contribution in [3.05, 3.63) is 0 Å². The predicted molar refractivity (Wildman–Crippen MR) is 33.6 cm³/mol. The molecular weight excluding hydrogens is 142 g/mol. The third-order valence-electron chi connectivity index (χ3n) is 0.489. The highest BCUT2D eigenvalue weighted by atomic mass is 32.2. The van der Waals surface area contributed by atoms with Crippen LogP contribution in [0.3, 0.4) is 0 Å². The van der Waals surface area contributed by atoms with Crippen molar-refractivity contribution in [1.29, 1.82) is 0 Å². The summed E-state index contributed by atoms with van der Waals surface area (Å²) in [6.07, 6.45) is 4.84. The zero-order valence-electron chi connectivity index (χ0n) is 4.66. The maximum absolute atomic E-state index is 9.76. The first kappa shape index (κ1) is 8.59. The molecule has 2 N–H and O–H groups in total. The minimum absolute atomic E-state index is 0.00664. The van der Waals surface area contributed by atoms with Gasteiger partial charge in [0.25, 0.3) is 0 Å². The Balaban J connectivity index is 2.94. The highest BCUT2D eigenvalue weighted by Crippen LogP contribution is 1.72. The van der Waals surface area contributed by atoms with E-state index in [4.69, 9.17) is 11.0 Å². The zero-order chi connectivity index (χ0) is 7.11. The molecule has 0 aromatic heterocycles. The van der Waals surface area contributed by atoms with Gasteiger partial charge in [-0.3, -0.25) is 14.1 Å². The molecule has 0 fully saturated rings. The summed E-state index contributed by atoms with van der Waals surface area (Å²) in [6.45, 7) is 0.324. The van der Waals surface area contributed by atoms with Crippen molar-refractivity contribution in [2.45, 2.75) is 0 Å². The summed E-state index contributed by atoms with van der Waals surface area (Å²) < 4.78 is 21.9. The Bertz CT molecular complexity index is 130. The Morgan fingerprint density at radius 2 is 2.56 bits per heavy atom. The van der Waals surface area contributed by atoms with Gasteiger partial charge < -0.3 is 0 Å². The molecule has 0 rings (SSSR count). The van der Waals surface area contributed by atoms with E-state index in [1.807, 2.05) is 0 Å². The van der Waals surface area contributed by atoms with Crippen molar-refractivity contribution >= 4 is 11.4 Å². The van der Waals surface area contributed by atoms with Crippen molar-refractivity contribution in [3.63, 3.8) is 0 Å². The van der Waals surface area contributed by atoms with E-state index in [0.717, 1.165) is 0 Å². The maximum atomic E-state index is 9.76. The van der Waals surface area contributed by atoms with E-state index >= 15 is 0 Å². The van der Waals surface area contributed by atoms with Gasteiger partial charge in [-0.05, 0) is 0 Å². The molecule has 0 aliphatic heterocycles. The molecule has 1 unspecified atom stereocenters. The van der Waals surface area contributed by atoms with Gasteiger partial charge in [-0.15, -0.1) is 6.42 Å². The lowest BCUT2D eigenvalue weighted by Gasteiger charge is -1.95. The third-order valence-corrected chi connectivity index (χ3v) is 0.808. The Hall–Kier alpha value is -0.410. The van der Waals surface area contributed by atoms with Crippen LogP contribution in [0.4, 0.5) is 0 Å². The second-order valence-electron chi connectivity index (χ2n) is 1.11. The van der Waals surface area contributed by atoms with Gasteiger partial charge in [0, 0.05) is 0 Å². The summed E-state index contributed by atoms with van der Waals surface area (Å²) in [7, 11) is 0. The number of hydrogen-bond acceptors (Lipinski definition) is 3. The smallest absolute Gasteiger partial charge is 0.284 e. The summed E-state index contributed by atoms with van der Waals surface area (Å²) in [6, 6.07) is 0. The molecular formula is C4H7NO3S. The lowest BCUT2D eigenvalue weighted by molar-refractivity contribution is 0.285. The molecule has 0 aliphatic rings. The highest BCUT2D eigenvalue weighted by molar-refractivity contribution is 7.74. The lowest BCUT2D eigenvalue weighted by atomic mass is 10.7. The average molecular weight is 149 g/mol. The first-order chi connectivity index (χ1) is 4.27. The van der Waals surface area contributed by atoms with Crippen molar-refractivity contribution in [3.8, 4) is 12.3 Å². The van der Waals surface area contributed by atoms with Gasteiger partial charge in [0.15, 0.2) is 0 Å². The van der Waals surface area contributed by atoms with Gasteiger partial charge in [0.2, 0.25) is 0 Å². The normalized spacial score (nSPS) is 12.4. The average Bonchev–Trinajstić information content (AvgIpc) is 1.80. The van der Waals surface area contributed by atoms with Crippen LogP contribution < -0.4 is 5.32 Å². The molecule has 0 aliphatic carbocycles. The van der Waals surface area contributed by atoms with Gasteiger partial charge >= 0.3 is 11.4 Å². The molecule has 0 radical (unpaired) electrons. The topological polar surface area (TPSA) is 58.6 Å². The molecule has 0 saturated carbocycles. The Morgan fingerprint density at radius 3 is 3.00 bits per heavy atom. The van der Waals surface area contributed by atoms with Gasteiger partial charge in [-0.2, -0.15) is 4.21 Å². The summed E-state index contributed by atoms with van der Waals surface area (Å²) in [5, 5.41) is 2.56. The third kappa shape index (κ3) is 7.59. The van der Waals surface area contributed by atoms with Crippen LogP contribution >= 0.6 is 0 Å². The molecule has 0 spiro atoms. The van der Waals surface area contributed by atoms with Crippen molar-refractivity contribution in [2.75, 3.05) is 13.3 Å². The second-order valence-corrected chi connectivity index (χ2v) is 1.78. The molecule has 5 heteroatoms. The first-order valence-corrected chi connectivity index (χ1v) is 3.19. The summed E-state index contributed by atoms with van der Waals surface area (Å²) in [4.78, 5) is 0. The summed E-state index contributed by atoms with van der Waals surface area (Å²) in [5.41, 5.74) is 0. The highest BCUT2D eigenvalue weighted by Gasteiger charge is 1.88. The number of hydrogen-bond donors (Lipinski definition) is 2. The fourth-order valence-electron chi connectivity index (χ4n) is 0.215. The zero-order valence-corrected chi connectivity index (χ0v) is 5.48. The van der Waals surface area contributed by atoms with Crippen molar-refractivity contribution in [1.82, 2.24) is 5.32 Å². The van der Waals surface area contributed by atoms with Crippen molar-refractivity contribution in [2.24, 2.45) is 0 Å². The van der Waals surface area contributed by atoms with E-state index in [1.54, 1.807) is 0 Å². The molecule has 0 saturated heterocycles. The molecule has 0 aromatic carbocycles. The van der Waals surface area contributed by atoms with Crippen LogP contribution in [0.1, 0.15) is 0 Å². The second kappa shape index (κ2) is 5.72. The summed E-state index contributed by atoms with van der Waals surface area (Å²) in [5.74, 6) is 2.27. The molecule has 0 bridgehead atoms. The van der Waals surface area contributed by atoms with Gasteiger partial charge in [0.05, 0.1) is 6.54 Å². The standard InChI is InChI=1S/C4H7NO3S/c1-2-3-5-4-8-9(6)7/h1,5H,3-4H2,(H,6,7). The number of rotatable bonds is 4. The Kier molecular flexibility index (Phi) is 5.46. The van der Waals surface area contributed by atoms with Crippen LogP contribution in [0.25, 0.3) is 0 Å². The van der Waals surface area contributed by atoms with Crippen LogP contribution in [0.5, 0.6) is 0 Å². The van der Waals surface area contributed by atoms with E-state index in [1.165, 1.54) is 0 Å². The molecule has 0 amide bonds. The number of nitrogens with one attached hydrogen (secondary N) is 1. The van der Waals surface area contributed by atoms with Crippen LogP contribution in [0.15, 0.2) is 0 Å². The Morgan fingerprint density at radius 1 is 1.89 bits per heavy atom. The minimum atomic E-state index is -2.20. The molecule has 1 atom stereocenters. The molecule has 52 valence electrons. The fourth-order valence-corrected chi connectivity index (χ4v) is 0.399. The van der Waals surface area contributed by atoms with E-state index in [-0.39, 0.29) is 6.73 Å². The monoisotopic (exact) mass is 149 g/mol. The SMILES string of the molecule is C#CCNCOS(=O)O. The van der Waals surface area contributed by atoms with Gasteiger partial charge in [-0.1, -0.05) is 5.92 Å². The molecule has 0 heterocycles. The first-order valence-electron chi connectivity index (χ1n) is 2.15. The van der Waals surface area contributed by atoms with E-state index in [2.05, 4.69) is 15.4 Å². The van der Waals surface area contributed by atoms with E-state index < -0.39 is 11.4 Å². The largest absolute Gasteiger partial charge is 0.303 e. The molecule has 0 aromatic rings. The lowest BCUT2D eigenvalue weighted by Crippen LogP contribution is -2.18. The van der Waals surface area contributed by atoms with E-state index in [9.17, 15) is 4.21 Å². The van der Waals surface area contributed by atoms with E-state index in [0.29, 0.717) is 6.54 Å². The van der Waals surface area contributed by atoms with Crippen LogP contribution in [-0.4, -0.2) is 22.0 Å². The Labute approximate surface area is 56.1 Å². The summed E-state index contributed by atoms with van der Waals surface area (Å²) >= 11 is -2.20. The minimum Gasteiger partial charge on any atom is -0.284 e. The van der Waals surface area contributed by atoms with Crippen LogP contribution in [0, 0.1) is 12.3 Å². The van der Waals surface area contributed by atoms with Crippen molar-refractivity contribution < 1.29 is 12.9 Å².